The van der Waals surface area contributed by atoms with E-state index < -0.39 is 12.2 Å². The first-order valence-electron chi connectivity index (χ1n) is 3.93. The molecular weight excluding hydrogens is 146 g/mol. The molecule has 0 saturated carbocycles. The molecule has 1 saturated heterocycles. The molecule has 0 radical (unpaired) electrons. The highest BCUT2D eigenvalue weighted by atomic mass is 16.3. The molecule has 1 aliphatic rings. The van der Waals surface area contributed by atoms with Gasteiger partial charge in [0.1, 0.15) is 0 Å². The van der Waals surface area contributed by atoms with Crippen LogP contribution in [0.15, 0.2) is 0 Å². The van der Waals surface area contributed by atoms with Gasteiger partial charge in [0.25, 0.3) is 0 Å². The van der Waals surface area contributed by atoms with Crippen molar-refractivity contribution in [2.24, 2.45) is 0 Å². The Hall–Kier alpha value is -0.160. The molecule has 0 aromatic heterocycles. The van der Waals surface area contributed by atoms with E-state index in [0.29, 0.717) is 0 Å². The quantitative estimate of drug-likeness (QED) is 0.396. The van der Waals surface area contributed by atoms with Crippen molar-refractivity contribution in [3.8, 4) is 0 Å². The summed E-state index contributed by atoms with van der Waals surface area (Å²) in [6.07, 6.45) is -0.809. The van der Waals surface area contributed by atoms with Gasteiger partial charge in [-0.25, -0.2) is 0 Å². The Kier molecular flexibility index (Phi) is 2.84. The molecule has 4 nitrogen and oxygen atoms in total. The number of hydrogen-bond acceptors (Lipinski definition) is 4. The largest absolute Gasteiger partial charge is 0.395 e. The summed E-state index contributed by atoms with van der Waals surface area (Å²) in [5.74, 6) is 0. The number of hydrogen-bond donors (Lipinski definition) is 4. The molecule has 0 aromatic rings. The standard InChI is InChI=1S/C7H15NO3/c1-2-4-6(10)7(11)5(3-9)8-4/h4-11H,2-3H2,1H3/t4-,5+,6-,7+/m0/s1. The molecule has 4 N–H and O–H groups in total. The first kappa shape index (κ1) is 8.93. The summed E-state index contributed by atoms with van der Waals surface area (Å²) in [7, 11) is 0. The molecule has 0 amide bonds. The van der Waals surface area contributed by atoms with Crippen LogP contribution in [-0.2, 0) is 0 Å². The summed E-state index contributed by atoms with van der Waals surface area (Å²) in [5, 5.41) is 30.3. The van der Waals surface area contributed by atoms with Crippen LogP contribution in [0.2, 0.25) is 0 Å². The summed E-state index contributed by atoms with van der Waals surface area (Å²) in [5.41, 5.74) is 0. The summed E-state index contributed by atoms with van der Waals surface area (Å²) in [6, 6.07) is -0.447. The third kappa shape index (κ3) is 1.54. The van der Waals surface area contributed by atoms with Gasteiger partial charge in [0, 0.05) is 6.04 Å². The highest BCUT2D eigenvalue weighted by Gasteiger charge is 2.39. The maximum atomic E-state index is 9.34. The van der Waals surface area contributed by atoms with Gasteiger partial charge in [0.05, 0.1) is 24.9 Å². The van der Waals surface area contributed by atoms with Crippen molar-refractivity contribution in [2.45, 2.75) is 37.6 Å². The summed E-state index contributed by atoms with van der Waals surface area (Å²) < 4.78 is 0. The third-order valence-electron chi connectivity index (χ3n) is 2.24. The maximum absolute atomic E-state index is 9.34. The fourth-order valence-corrected chi connectivity index (χ4v) is 1.47. The van der Waals surface area contributed by atoms with Crippen molar-refractivity contribution < 1.29 is 15.3 Å². The molecule has 0 bridgehead atoms. The van der Waals surface area contributed by atoms with E-state index in [1.54, 1.807) is 0 Å². The zero-order valence-corrected chi connectivity index (χ0v) is 6.57. The van der Waals surface area contributed by atoms with E-state index in [1.807, 2.05) is 6.92 Å². The maximum Gasteiger partial charge on any atom is 0.0989 e. The van der Waals surface area contributed by atoms with Crippen LogP contribution >= 0.6 is 0 Å². The Labute approximate surface area is 65.9 Å². The molecule has 0 aliphatic carbocycles. The van der Waals surface area contributed by atoms with Crippen molar-refractivity contribution in [3.63, 3.8) is 0 Å². The predicted molar refractivity (Wildman–Crippen MR) is 40.1 cm³/mol. The Morgan fingerprint density at radius 1 is 1.18 bits per heavy atom. The normalized spacial score (nSPS) is 44.7. The SMILES string of the molecule is CC[C@@H]1N[C@H](CO)[C@@H](O)[C@H]1O. The fraction of sp³-hybridized carbons (Fsp3) is 1.00. The minimum Gasteiger partial charge on any atom is -0.395 e. The van der Waals surface area contributed by atoms with Crippen molar-refractivity contribution in [1.29, 1.82) is 0 Å². The zero-order chi connectivity index (χ0) is 8.43. The van der Waals surface area contributed by atoms with Crippen LogP contribution in [0, 0.1) is 0 Å². The smallest absolute Gasteiger partial charge is 0.0989 e. The summed E-state index contributed by atoms with van der Waals surface area (Å²) in [4.78, 5) is 0. The van der Waals surface area contributed by atoms with Gasteiger partial charge < -0.3 is 20.6 Å². The van der Waals surface area contributed by atoms with E-state index in [4.69, 9.17) is 5.11 Å². The summed E-state index contributed by atoms with van der Waals surface area (Å²) >= 11 is 0. The number of aliphatic hydroxyl groups excluding tert-OH is 3. The van der Waals surface area contributed by atoms with E-state index in [2.05, 4.69) is 5.32 Å². The fourth-order valence-electron chi connectivity index (χ4n) is 1.47. The highest BCUT2D eigenvalue weighted by molar-refractivity contribution is 4.96. The average Bonchev–Trinajstić information content (AvgIpc) is 2.30. The van der Waals surface area contributed by atoms with Crippen LogP contribution in [-0.4, -0.2) is 46.2 Å². The van der Waals surface area contributed by atoms with E-state index in [-0.39, 0.29) is 18.7 Å². The second kappa shape index (κ2) is 3.49. The van der Waals surface area contributed by atoms with E-state index >= 15 is 0 Å². The summed E-state index contributed by atoms with van der Waals surface area (Å²) in [6.45, 7) is 1.79. The minimum atomic E-state index is -0.829. The number of nitrogens with one attached hydrogen (secondary N) is 1. The average molecular weight is 161 g/mol. The lowest BCUT2D eigenvalue weighted by atomic mass is 10.1. The Morgan fingerprint density at radius 2 is 1.73 bits per heavy atom. The Balaban J connectivity index is 2.53. The lowest BCUT2D eigenvalue weighted by molar-refractivity contribution is 0.0193. The third-order valence-corrected chi connectivity index (χ3v) is 2.24. The van der Waals surface area contributed by atoms with Gasteiger partial charge in [-0.2, -0.15) is 0 Å². The molecule has 66 valence electrons. The molecule has 1 heterocycles. The van der Waals surface area contributed by atoms with Crippen molar-refractivity contribution >= 4 is 0 Å². The van der Waals surface area contributed by atoms with Crippen LogP contribution < -0.4 is 5.32 Å². The van der Waals surface area contributed by atoms with Crippen LogP contribution in [0.5, 0.6) is 0 Å². The lowest BCUT2D eigenvalue weighted by Crippen LogP contribution is -2.36. The predicted octanol–water partition coefficient (Wildman–Crippen LogP) is -1.55. The molecule has 0 aromatic carbocycles. The second-order valence-electron chi connectivity index (χ2n) is 2.95. The molecule has 4 atom stereocenters. The van der Waals surface area contributed by atoms with Gasteiger partial charge >= 0.3 is 0 Å². The van der Waals surface area contributed by atoms with E-state index in [1.165, 1.54) is 0 Å². The van der Waals surface area contributed by atoms with Gasteiger partial charge in [0.15, 0.2) is 0 Å². The van der Waals surface area contributed by atoms with Gasteiger partial charge in [-0.3, -0.25) is 0 Å². The molecule has 1 fully saturated rings. The molecule has 4 heteroatoms. The molecule has 0 unspecified atom stereocenters. The van der Waals surface area contributed by atoms with Gasteiger partial charge in [-0.15, -0.1) is 0 Å². The second-order valence-corrected chi connectivity index (χ2v) is 2.95. The molecule has 1 aliphatic heterocycles. The number of aliphatic hydroxyl groups is 3. The zero-order valence-electron chi connectivity index (χ0n) is 6.57. The van der Waals surface area contributed by atoms with E-state index in [0.717, 1.165) is 6.42 Å². The molecule has 0 spiro atoms. The van der Waals surface area contributed by atoms with Gasteiger partial charge in [-0.05, 0) is 6.42 Å². The Bertz CT molecular complexity index is 113. The topological polar surface area (TPSA) is 72.7 Å². The van der Waals surface area contributed by atoms with Crippen LogP contribution in [0.25, 0.3) is 0 Å². The first-order chi connectivity index (χ1) is 5.20. The van der Waals surface area contributed by atoms with Crippen LogP contribution in [0.3, 0.4) is 0 Å². The monoisotopic (exact) mass is 161 g/mol. The van der Waals surface area contributed by atoms with Crippen molar-refractivity contribution in [3.05, 3.63) is 0 Å². The van der Waals surface area contributed by atoms with Crippen molar-refractivity contribution in [2.75, 3.05) is 6.61 Å². The van der Waals surface area contributed by atoms with Gasteiger partial charge in [-0.1, -0.05) is 6.92 Å². The highest BCUT2D eigenvalue weighted by Crippen LogP contribution is 2.15. The Morgan fingerprint density at radius 3 is 2.00 bits per heavy atom. The van der Waals surface area contributed by atoms with Crippen molar-refractivity contribution in [1.82, 2.24) is 5.32 Å². The lowest BCUT2D eigenvalue weighted by Gasteiger charge is -2.12. The number of rotatable bonds is 2. The van der Waals surface area contributed by atoms with Crippen LogP contribution in [0.1, 0.15) is 13.3 Å². The minimum absolute atomic E-state index is 0.0813. The molecule has 1 rings (SSSR count). The molecular formula is C7H15NO3. The molecule has 11 heavy (non-hydrogen) atoms. The first-order valence-corrected chi connectivity index (χ1v) is 3.93. The van der Waals surface area contributed by atoms with Crippen LogP contribution in [0.4, 0.5) is 0 Å². The van der Waals surface area contributed by atoms with Gasteiger partial charge in [0.2, 0.25) is 0 Å². The van der Waals surface area contributed by atoms with E-state index in [9.17, 15) is 10.2 Å².